The second-order valence-electron chi connectivity index (χ2n) is 9.10. The Hall–Kier alpha value is -0.940. The Kier molecular flexibility index (Phi) is 5.89. The number of hydrogen-bond donors (Lipinski definition) is 0. The van der Waals surface area contributed by atoms with Crippen molar-refractivity contribution in [3.8, 4) is 0 Å². The lowest BCUT2D eigenvalue weighted by Crippen LogP contribution is -2.48. The molecule has 2 aliphatic heterocycles. The van der Waals surface area contributed by atoms with Crippen molar-refractivity contribution in [2.45, 2.75) is 90.1 Å². The maximum Gasteiger partial charge on any atom is 0.223 e. The summed E-state index contributed by atoms with van der Waals surface area (Å²) in [6.45, 7) is 8.58. The molecule has 0 bridgehead atoms. The summed E-state index contributed by atoms with van der Waals surface area (Å²) in [4.78, 5) is 23.7. The molecule has 1 aromatic heterocycles. The molecule has 0 unspecified atom stereocenters. The van der Waals surface area contributed by atoms with E-state index in [1.54, 1.807) is 0 Å². The maximum atomic E-state index is 12.8. The third-order valence-corrected chi connectivity index (χ3v) is 8.28. The number of likely N-dealkylation sites (tertiary alicyclic amines) is 2. The average Bonchev–Trinajstić information content (AvgIpc) is 3.04. The highest BCUT2D eigenvalue weighted by molar-refractivity contribution is 7.11. The van der Waals surface area contributed by atoms with Crippen molar-refractivity contribution < 1.29 is 4.79 Å². The summed E-state index contributed by atoms with van der Waals surface area (Å²) >= 11 is 1.85. The molecule has 0 aromatic carbocycles. The van der Waals surface area contributed by atoms with E-state index in [9.17, 15) is 4.79 Å². The van der Waals surface area contributed by atoms with E-state index in [1.807, 2.05) is 11.3 Å². The summed E-state index contributed by atoms with van der Waals surface area (Å²) in [6.07, 6.45) is 12.2. The molecule has 1 aliphatic carbocycles. The molecule has 1 aromatic rings. The minimum Gasteiger partial charge on any atom is -0.337 e. The molecule has 150 valence electrons. The Bertz CT molecular complexity index is 667. The van der Waals surface area contributed by atoms with E-state index >= 15 is 0 Å². The highest BCUT2D eigenvalue weighted by Gasteiger charge is 2.46. The standard InChI is InChI=1S/C22H35N3OS/c1-17-20(27-18(2)23-17)16-24-13-6-10-22(12-14-24)11-9-21(26)25(22)15-19-7-4-3-5-8-19/h19H,3-16H2,1-2H3/t22-/m1/s1. The SMILES string of the molecule is Cc1nc(C)c(CN2CCC[C@@]3(CCC(=O)N3CC3CCCCC3)CC2)s1. The van der Waals surface area contributed by atoms with Crippen LogP contribution in [0, 0.1) is 19.8 Å². The number of aryl methyl sites for hydroxylation is 2. The summed E-state index contributed by atoms with van der Waals surface area (Å²) in [5.41, 5.74) is 1.36. The molecule has 1 saturated carbocycles. The first-order valence-corrected chi connectivity index (χ1v) is 11.8. The Morgan fingerprint density at radius 3 is 2.63 bits per heavy atom. The molecular weight excluding hydrogens is 354 g/mol. The Balaban J connectivity index is 1.41. The van der Waals surface area contributed by atoms with Gasteiger partial charge in [0.05, 0.1) is 10.7 Å². The van der Waals surface area contributed by atoms with Crippen LogP contribution in [-0.2, 0) is 11.3 Å². The molecule has 1 spiro atoms. The zero-order valence-electron chi connectivity index (χ0n) is 17.1. The predicted octanol–water partition coefficient (Wildman–Crippen LogP) is 4.69. The Morgan fingerprint density at radius 2 is 1.89 bits per heavy atom. The third kappa shape index (κ3) is 4.24. The fraction of sp³-hybridized carbons (Fsp3) is 0.818. The van der Waals surface area contributed by atoms with Crippen LogP contribution in [0.25, 0.3) is 0 Å². The van der Waals surface area contributed by atoms with Gasteiger partial charge in [0.15, 0.2) is 0 Å². The third-order valence-electron chi connectivity index (χ3n) is 7.22. The van der Waals surface area contributed by atoms with E-state index in [0.717, 1.165) is 51.4 Å². The Morgan fingerprint density at radius 1 is 1.07 bits per heavy atom. The van der Waals surface area contributed by atoms with E-state index in [-0.39, 0.29) is 5.54 Å². The van der Waals surface area contributed by atoms with Crippen molar-refractivity contribution in [3.63, 3.8) is 0 Å². The largest absolute Gasteiger partial charge is 0.337 e. The van der Waals surface area contributed by atoms with Gasteiger partial charge in [0.1, 0.15) is 0 Å². The van der Waals surface area contributed by atoms with Crippen LogP contribution in [0.5, 0.6) is 0 Å². The van der Waals surface area contributed by atoms with Gasteiger partial charge in [0.2, 0.25) is 5.91 Å². The van der Waals surface area contributed by atoms with E-state index in [4.69, 9.17) is 0 Å². The fourth-order valence-corrected chi connectivity index (χ4v) is 6.61. The molecule has 4 rings (SSSR count). The van der Waals surface area contributed by atoms with Crippen LogP contribution in [0.1, 0.15) is 79.8 Å². The first kappa shape index (κ1) is 19.4. The average molecular weight is 390 g/mol. The molecule has 2 saturated heterocycles. The molecule has 3 fully saturated rings. The van der Waals surface area contributed by atoms with Crippen LogP contribution >= 0.6 is 11.3 Å². The lowest BCUT2D eigenvalue weighted by atomic mass is 9.84. The number of carbonyl (C=O) groups excluding carboxylic acids is 1. The van der Waals surface area contributed by atoms with Gasteiger partial charge in [-0.3, -0.25) is 9.69 Å². The quantitative estimate of drug-likeness (QED) is 0.750. The molecule has 0 radical (unpaired) electrons. The van der Waals surface area contributed by atoms with E-state index in [2.05, 4.69) is 28.6 Å². The van der Waals surface area contributed by atoms with Gasteiger partial charge < -0.3 is 4.90 Å². The number of aromatic nitrogens is 1. The number of thiazole rings is 1. The molecule has 1 amide bonds. The van der Waals surface area contributed by atoms with Gasteiger partial charge in [-0.05, 0) is 64.8 Å². The minimum absolute atomic E-state index is 0.155. The van der Waals surface area contributed by atoms with E-state index in [1.165, 1.54) is 60.5 Å². The Labute approximate surface area is 168 Å². The van der Waals surface area contributed by atoms with Crippen molar-refractivity contribution in [2.24, 2.45) is 5.92 Å². The van der Waals surface area contributed by atoms with Crippen LogP contribution in [0.3, 0.4) is 0 Å². The lowest BCUT2D eigenvalue weighted by Gasteiger charge is -2.41. The molecule has 3 heterocycles. The normalized spacial score (nSPS) is 28.2. The predicted molar refractivity (Wildman–Crippen MR) is 111 cm³/mol. The van der Waals surface area contributed by atoms with Crippen LogP contribution < -0.4 is 0 Å². The van der Waals surface area contributed by atoms with Gasteiger partial charge in [0.25, 0.3) is 0 Å². The zero-order valence-corrected chi connectivity index (χ0v) is 18.0. The number of amides is 1. The highest BCUT2D eigenvalue weighted by atomic mass is 32.1. The molecule has 1 atom stereocenters. The van der Waals surface area contributed by atoms with Crippen molar-refractivity contribution in [3.05, 3.63) is 15.6 Å². The first-order valence-electron chi connectivity index (χ1n) is 11.0. The van der Waals surface area contributed by atoms with Gasteiger partial charge in [-0.1, -0.05) is 19.3 Å². The molecule has 3 aliphatic rings. The van der Waals surface area contributed by atoms with Crippen molar-refractivity contribution in [1.29, 1.82) is 0 Å². The second-order valence-corrected chi connectivity index (χ2v) is 10.4. The summed E-state index contributed by atoms with van der Waals surface area (Å²) in [6, 6.07) is 0. The smallest absolute Gasteiger partial charge is 0.223 e. The van der Waals surface area contributed by atoms with Crippen LogP contribution in [-0.4, -0.2) is 45.9 Å². The number of nitrogens with zero attached hydrogens (tertiary/aromatic N) is 3. The van der Waals surface area contributed by atoms with E-state index in [0.29, 0.717) is 5.91 Å². The number of rotatable bonds is 4. The maximum absolute atomic E-state index is 12.8. The monoisotopic (exact) mass is 389 g/mol. The van der Waals surface area contributed by atoms with Gasteiger partial charge in [-0.15, -0.1) is 11.3 Å². The number of carbonyl (C=O) groups is 1. The van der Waals surface area contributed by atoms with Crippen LogP contribution in [0.2, 0.25) is 0 Å². The van der Waals surface area contributed by atoms with E-state index < -0.39 is 0 Å². The molecule has 4 nitrogen and oxygen atoms in total. The molecule has 27 heavy (non-hydrogen) atoms. The fourth-order valence-electron chi connectivity index (χ4n) is 5.63. The summed E-state index contributed by atoms with van der Waals surface area (Å²) in [5, 5.41) is 1.17. The van der Waals surface area contributed by atoms with Crippen molar-refractivity contribution in [2.75, 3.05) is 19.6 Å². The minimum atomic E-state index is 0.155. The molecular formula is C22H35N3OS. The van der Waals surface area contributed by atoms with Gasteiger partial charge >= 0.3 is 0 Å². The summed E-state index contributed by atoms with van der Waals surface area (Å²) < 4.78 is 0. The van der Waals surface area contributed by atoms with Crippen molar-refractivity contribution in [1.82, 2.24) is 14.8 Å². The van der Waals surface area contributed by atoms with Gasteiger partial charge in [-0.2, -0.15) is 0 Å². The highest BCUT2D eigenvalue weighted by Crippen LogP contribution is 2.41. The van der Waals surface area contributed by atoms with Gasteiger partial charge in [-0.25, -0.2) is 4.98 Å². The van der Waals surface area contributed by atoms with Gasteiger partial charge in [0, 0.05) is 36.5 Å². The first-order chi connectivity index (χ1) is 13.1. The summed E-state index contributed by atoms with van der Waals surface area (Å²) in [5.74, 6) is 1.18. The summed E-state index contributed by atoms with van der Waals surface area (Å²) in [7, 11) is 0. The molecule has 0 N–H and O–H groups in total. The topological polar surface area (TPSA) is 36.4 Å². The van der Waals surface area contributed by atoms with Crippen LogP contribution in [0.15, 0.2) is 0 Å². The molecule has 5 heteroatoms. The second kappa shape index (κ2) is 8.20. The number of hydrogen-bond acceptors (Lipinski definition) is 4. The zero-order chi connectivity index (χ0) is 18.9. The van der Waals surface area contributed by atoms with Crippen molar-refractivity contribution >= 4 is 17.2 Å². The van der Waals surface area contributed by atoms with Crippen LogP contribution in [0.4, 0.5) is 0 Å². The lowest BCUT2D eigenvalue weighted by molar-refractivity contribution is -0.132.